The number of rotatable bonds is 5. The molecule has 0 aliphatic carbocycles. The van der Waals surface area contributed by atoms with Gasteiger partial charge in [-0.3, -0.25) is 9.88 Å². The Morgan fingerprint density at radius 3 is 2.74 bits per heavy atom. The highest BCUT2D eigenvalue weighted by atomic mass is 19.1. The maximum absolute atomic E-state index is 13.9. The zero-order valence-corrected chi connectivity index (χ0v) is 13.0. The number of aliphatic hydroxyl groups is 1. The molecule has 2 aromatic rings. The van der Waals surface area contributed by atoms with Gasteiger partial charge in [0.1, 0.15) is 11.4 Å². The van der Waals surface area contributed by atoms with Gasteiger partial charge in [-0.15, -0.1) is 0 Å². The third kappa shape index (κ3) is 3.93. The van der Waals surface area contributed by atoms with Crippen molar-refractivity contribution < 1.29 is 14.2 Å². The van der Waals surface area contributed by atoms with Gasteiger partial charge in [0.15, 0.2) is 0 Å². The monoisotopic (exact) mass is 316 g/mol. The summed E-state index contributed by atoms with van der Waals surface area (Å²) in [5.74, 6) is -0.254. The number of morpholine rings is 1. The third-order valence-corrected chi connectivity index (χ3v) is 4.24. The molecule has 3 rings (SSSR count). The molecule has 1 aromatic carbocycles. The lowest BCUT2D eigenvalue weighted by molar-refractivity contribution is -0.134. The lowest BCUT2D eigenvalue weighted by Crippen LogP contribution is -2.55. The van der Waals surface area contributed by atoms with Crippen molar-refractivity contribution >= 4 is 0 Å². The van der Waals surface area contributed by atoms with E-state index in [0.29, 0.717) is 25.1 Å². The van der Waals surface area contributed by atoms with Gasteiger partial charge in [-0.1, -0.05) is 18.2 Å². The quantitative estimate of drug-likeness (QED) is 0.917. The average molecular weight is 316 g/mol. The van der Waals surface area contributed by atoms with E-state index in [9.17, 15) is 9.50 Å². The highest BCUT2D eigenvalue weighted by Crippen LogP contribution is 2.25. The smallest absolute Gasteiger partial charge is 0.126 e. The maximum Gasteiger partial charge on any atom is 0.126 e. The van der Waals surface area contributed by atoms with E-state index in [-0.39, 0.29) is 12.4 Å². The number of hydrogen-bond acceptors (Lipinski definition) is 4. The molecule has 0 radical (unpaired) electrons. The molecule has 1 aliphatic heterocycles. The Kier molecular flexibility index (Phi) is 5.00. The predicted molar refractivity (Wildman–Crippen MR) is 85.4 cm³/mol. The van der Waals surface area contributed by atoms with Crippen LogP contribution in [-0.4, -0.2) is 46.9 Å². The fraction of sp³-hybridized carbons (Fsp3) is 0.389. The number of nitrogens with zero attached hydrogens (tertiary/aromatic N) is 2. The van der Waals surface area contributed by atoms with E-state index in [2.05, 4.69) is 9.88 Å². The molecule has 0 saturated carbocycles. The minimum atomic E-state index is -0.756. The van der Waals surface area contributed by atoms with Gasteiger partial charge in [-0.25, -0.2) is 4.39 Å². The second kappa shape index (κ2) is 7.17. The molecule has 23 heavy (non-hydrogen) atoms. The first-order valence-electron chi connectivity index (χ1n) is 7.80. The zero-order valence-electron chi connectivity index (χ0n) is 13.0. The van der Waals surface area contributed by atoms with Crippen LogP contribution in [0.15, 0.2) is 48.8 Å². The Labute approximate surface area is 135 Å². The molecule has 1 atom stereocenters. The fourth-order valence-corrected chi connectivity index (χ4v) is 3.05. The summed E-state index contributed by atoms with van der Waals surface area (Å²) in [4.78, 5) is 6.26. The first-order chi connectivity index (χ1) is 11.2. The molecule has 5 heteroatoms. The van der Waals surface area contributed by atoms with Gasteiger partial charge < -0.3 is 9.84 Å². The Hall–Kier alpha value is -1.82. The van der Waals surface area contributed by atoms with Crippen molar-refractivity contribution in [2.45, 2.75) is 18.6 Å². The van der Waals surface area contributed by atoms with Gasteiger partial charge in [0.25, 0.3) is 0 Å². The molecule has 1 N–H and O–H groups in total. The number of hydrogen-bond donors (Lipinski definition) is 1. The Morgan fingerprint density at radius 1 is 1.22 bits per heavy atom. The number of pyridine rings is 1. The van der Waals surface area contributed by atoms with Gasteiger partial charge >= 0.3 is 0 Å². The molecule has 2 heterocycles. The lowest BCUT2D eigenvalue weighted by Gasteiger charge is -2.42. The molecule has 1 fully saturated rings. The number of halogens is 1. The summed E-state index contributed by atoms with van der Waals surface area (Å²) in [6.07, 6.45) is 3.91. The molecule has 0 amide bonds. The van der Waals surface area contributed by atoms with Gasteiger partial charge in [0.2, 0.25) is 0 Å². The van der Waals surface area contributed by atoms with Crippen LogP contribution in [0.4, 0.5) is 4.39 Å². The second-order valence-electron chi connectivity index (χ2n) is 6.02. The van der Waals surface area contributed by atoms with Crippen LogP contribution in [0.1, 0.15) is 11.1 Å². The number of aromatic nitrogens is 1. The van der Waals surface area contributed by atoms with Crippen molar-refractivity contribution in [3.63, 3.8) is 0 Å². The van der Waals surface area contributed by atoms with Gasteiger partial charge in [0, 0.05) is 38.4 Å². The lowest BCUT2D eigenvalue weighted by atomic mass is 9.92. The van der Waals surface area contributed by atoms with E-state index in [1.807, 2.05) is 12.1 Å². The summed E-state index contributed by atoms with van der Waals surface area (Å²) in [5, 5.41) is 9.89. The van der Waals surface area contributed by atoms with Crippen LogP contribution >= 0.6 is 0 Å². The molecule has 0 bridgehead atoms. The fourth-order valence-electron chi connectivity index (χ4n) is 3.05. The topological polar surface area (TPSA) is 45.6 Å². The average Bonchev–Trinajstić information content (AvgIpc) is 2.58. The second-order valence-corrected chi connectivity index (χ2v) is 6.02. The van der Waals surface area contributed by atoms with Crippen LogP contribution in [-0.2, 0) is 17.7 Å². The van der Waals surface area contributed by atoms with E-state index in [1.54, 1.807) is 30.6 Å². The molecule has 0 spiro atoms. The molecule has 1 aliphatic rings. The first-order valence-corrected chi connectivity index (χ1v) is 7.80. The number of ether oxygens (including phenoxy) is 1. The van der Waals surface area contributed by atoms with Gasteiger partial charge in [0.05, 0.1) is 13.2 Å². The Bertz CT molecular complexity index is 638. The highest BCUT2D eigenvalue weighted by Gasteiger charge is 2.37. The molecule has 122 valence electrons. The van der Waals surface area contributed by atoms with Crippen molar-refractivity contribution in [1.29, 1.82) is 0 Å². The predicted octanol–water partition coefficient (Wildman–Crippen LogP) is 2.03. The molecule has 4 nitrogen and oxygen atoms in total. The molecular formula is C18H21FN2O2. The van der Waals surface area contributed by atoms with Crippen LogP contribution in [0.3, 0.4) is 0 Å². The van der Waals surface area contributed by atoms with Crippen LogP contribution < -0.4 is 0 Å². The van der Waals surface area contributed by atoms with Gasteiger partial charge in [-0.05, 0) is 29.3 Å². The molecule has 1 aromatic heterocycles. The van der Waals surface area contributed by atoms with Crippen molar-refractivity contribution in [1.82, 2.24) is 9.88 Å². The molecule has 1 saturated heterocycles. The summed E-state index contributed by atoms with van der Waals surface area (Å²) < 4.78 is 19.8. The third-order valence-electron chi connectivity index (χ3n) is 4.24. The molecule has 0 unspecified atom stereocenters. The van der Waals surface area contributed by atoms with Crippen molar-refractivity contribution in [3.8, 4) is 0 Å². The normalized spacial score (nSPS) is 22.2. The summed E-state index contributed by atoms with van der Waals surface area (Å²) in [6, 6.07) is 10.6. The zero-order chi connectivity index (χ0) is 16.1. The number of benzene rings is 1. The van der Waals surface area contributed by atoms with Crippen molar-refractivity contribution in [3.05, 3.63) is 65.7 Å². The molecular weight excluding hydrogens is 295 g/mol. The Balaban J connectivity index is 1.72. The largest absolute Gasteiger partial charge is 0.393 e. The van der Waals surface area contributed by atoms with E-state index in [0.717, 1.165) is 13.1 Å². The van der Waals surface area contributed by atoms with Crippen LogP contribution in [0.2, 0.25) is 0 Å². The van der Waals surface area contributed by atoms with Crippen LogP contribution in [0.5, 0.6) is 0 Å². The summed E-state index contributed by atoms with van der Waals surface area (Å²) in [5.41, 5.74) is 0.986. The maximum atomic E-state index is 13.9. The van der Waals surface area contributed by atoms with E-state index >= 15 is 0 Å². The van der Waals surface area contributed by atoms with Gasteiger partial charge in [-0.2, -0.15) is 0 Å². The summed E-state index contributed by atoms with van der Waals surface area (Å²) >= 11 is 0. The van der Waals surface area contributed by atoms with Crippen LogP contribution in [0, 0.1) is 5.82 Å². The van der Waals surface area contributed by atoms with Crippen LogP contribution in [0.25, 0.3) is 0 Å². The minimum absolute atomic E-state index is 0.131. The standard InChI is InChI=1S/C18H21FN2O2/c19-17-4-2-1-3-16(17)11-18(14-22)13-21(9-10-23-18)12-15-5-7-20-8-6-15/h1-8,22H,9-14H2/t18-/m0/s1. The number of aliphatic hydroxyl groups excluding tert-OH is 1. The van der Waals surface area contributed by atoms with Crippen molar-refractivity contribution in [2.24, 2.45) is 0 Å². The Morgan fingerprint density at radius 2 is 2.00 bits per heavy atom. The van der Waals surface area contributed by atoms with Crippen molar-refractivity contribution in [2.75, 3.05) is 26.3 Å². The SMILES string of the molecule is OC[C@]1(Cc2ccccc2F)CN(Cc2ccncc2)CCO1. The van der Waals surface area contributed by atoms with E-state index in [4.69, 9.17) is 4.74 Å². The summed E-state index contributed by atoms with van der Waals surface area (Å²) in [6.45, 7) is 2.53. The first kappa shape index (κ1) is 16.1. The summed E-state index contributed by atoms with van der Waals surface area (Å²) in [7, 11) is 0. The van der Waals surface area contributed by atoms with E-state index in [1.165, 1.54) is 11.6 Å². The minimum Gasteiger partial charge on any atom is -0.393 e. The highest BCUT2D eigenvalue weighted by molar-refractivity contribution is 5.20. The van der Waals surface area contributed by atoms with E-state index < -0.39 is 5.60 Å².